The van der Waals surface area contributed by atoms with Crippen molar-refractivity contribution in [2.24, 2.45) is 0 Å². The van der Waals surface area contributed by atoms with Crippen molar-refractivity contribution in [2.45, 2.75) is 39.5 Å². The van der Waals surface area contributed by atoms with E-state index in [1.165, 1.54) is 5.56 Å². The summed E-state index contributed by atoms with van der Waals surface area (Å²) in [5.74, 6) is -0.155. The van der Waals surface area contributed by atoms with E-state index in [1.807, 2.05) is 36.4 Å². The summed E-state index contributed by atoms with van der Waals surface area (Å²) < 4.78 is 7.33. The molecule has 0 saturated heterocycles. The first-order chi connectivity index (χ1) is 14.6. The Kier molecular flexibility index (Phi) is 5.65. The monoisotopic (exact) mass is 402 g/mol. The minimum absolute atomic E-state index is 0.279. The second-order valence-electron chi connectivity index (χ2n) is 7.35. The van der Waals surface area contributed by atoms with E-state index in [-0.39, 0.29) is 5.56 Å². The molecule has 154 valence electrons. The highest BCUT2D eigenvalue weighted by atomic mass is 16.5. The molecular weight excluding hydrogens is 376 g/mol. The molecule has 0 aliphatic heterocycles. The molecule has 0 radical (unpaired) electrons. The molecular formula is C24H26N4O2. The summed E-state index contributed by atoms with van der Waals surface area (Å²) in [6.45, 7) is 4.58. The standard InChI is InChI=1S/C24H26N4O2/c1-3-5-8-14-30-24(29)20-21-23(27-19-13-7-6-12-18(19)26-21)28(22(20)25)17-11-9-10-16(4-2)15-17/h6-7,9-13,15H,3-5,8,14,25H2,1-2H3. The van der Waals surface area contributed by atoms with Crippen molar-refractivity contribution in [1.82, 2.24) is 14.5 Å². The fourth-order valence-corrected chi connectivity index (χ4v) is 3.63. The summed E-state index contributed by atoms with van der Waals surface area (Å²) in [6, 6.07) is 15.7. The van der Waals surface area contributed by atoms with Crippen LogP contribution in [0.1, 0.15) is 49.0 Å². The van der Waals surface area contributed by atoms with Crippen LogP contribution in [0.2, 0.25) is 0 Å². The molecule has 0 aliphatic carbocycles. The van der Waals surface area contributed by atoms with E-state index in [4.69, 9.17) is 20.4 Å². The Hall–Kier alpha value is -3.41. The Morgan fingerprint density at radius 1 is 1.03 bits per heavy atom. The van der Waals surface area contributed by atoms with Crippen LogP contribution >= 0.6 is 0 Å². The third-order valence-electron chi connectivity index (χ3n) is 5.26. The van der Waals surface area contributed by atoms with E-state index >= 15 is 0 Å². The van der Waals surface area contributed by atoms with Crippen molar-refractivity contribution in [3.05, 3.63) is 59.7 Å². The van der Waals surface area contributed by atoms with E-state index in [9.17, 15) is 4.79 Å². The maximum atomic E-state index is 13.0. The number of para-hydroxylation sites is 2. The zero-order valence-electron chi connectivity index (χ0n) is 17.4. The van der Waals surface area contributed by atoms with Gasteiger partial charge in [0, 0.05) is 5.69 Å². The maximum Gasteiger partial charge on any atom is 0.344 e. The summed E-state index contributed by atoms with van der Waals surface area (Å²) in [5, 5.41) is 0. The van der Waals surface area contributed by atoms with Crippen LogP contribution in [0.3, 0.4) is 0 Å². The zero-order valence-corrected chi connectivity index (χ0v) is 17.4. The number of nitrogen functional groups attached to an aromatic ring is 1. The summed E-state index contributed by atoms with van der Waals surface area (Å²) in [6.07, 6.45) is 3.80. The topological polar surface area (TPSA) is 83.0 Å². The normalized spacial score (nSPS) is 11.3. The minimum Gasteiger partial charge on any atom is -0.462 e. The second kappa shape index (κ2) is 8.53. The molecule has 0 saturated carbocycles. The molecule has 2 aromatic carbocycles. The highest BCUT2D eigenvalue weighted by Crippen LogP contribution is 2.31. The van der Waals surface area contributed by atoms with E-state index in [2.05, 4.69) is 26.0 Å². The highest BCUT2D eigenvalue weighted by Gasteiger charge is 2.26. The molecule has 0 unspecified atom stereocenters. The van der Waals surface area contributed by atoms with E-state index in [1.54, 1.807) is 4.57 Å². The number of hydrogen-bond acceptors (Lipinski definition) is 5. The number of nitrogens with two attached hydrogens (primary N) is 1. The first-order valence-electron chi connectivity index (χ1n) is 10.5. The lowest BCUT2D eigenvalue weighted by Gasteiger charge is -2.09. The van der Waals surface area contributed by atoms with Gasteiger partial charge in [-0.15, -0.1) is 0 Å². The third-order valence-corrected chi connectivity index (χ3v) is 5.26. The summed E-state index contributed by atoms with van der Waals surface area (Å²) in [4.78, 5) is 22.5. The Morgan fingerprint density at radius 2 is 1.80 bits per heavy atom. The highest BCUT2D eigenvalue weighted by molar-refractivity contribution is 6.09. The number of carbonyl (C=O) groups excluding carboxylic acids is 1. The number of esters is 1. The molecule has 0 spiro atoms. The van der Waals surface area contributed by atoms with Crippen molar-refractivity contribution in [3.8, 4) is 5.69 Å². The lowest BCUT2D eigenvalue weighted by Crippen LogP contribution is -2.10. The lowest BCUT2D eigenvalue weighted by molar-refractivity contribution is 0.0501. The SMILES string of the molecule is CCCCCOC(=O)c1c(N)n(-c2cccc(CC)c2)c2nc3ccccc3nc12. The minimum atomic E-state index is -0.455. The molecule has 2 heterocycles. The van der Waals surface area contributed by atoms with Gasteiger partial charge < -0.3 is 10.5 Å². The summed E-state index contributed by atoms with van der Waals surface area (Å²) in [7, 11) is 0. The largest absolute Gasteiger partial charge is 0.462 e. The Balaban J connectivity index is 1.91. The molecule has 6 heteroatoms. The number of anilines is 1. The zero-order chi connectivity index (χ0) is 21.1. The molecule has 4 aromatic rings. The van der Waals surface area contributed by atoms with Crippen LogP contribution in [0.5, 0.6) is 0 Å². The number of fused-ring (bicyclic) bond motifs is 2. The van der Waals surface area contributed by atoms with Gasteiger partial charge in [0.1, 0.15) is 16.9 Å². The maximum absolute atomic E-state index is 13.0. The van der Waals surface area contributed by atoms with Crippen molar-refractivity contribution >= 4 is 34.0 Å². The molecule has 0 fully saturated rings. The molecule has 0 bridgehead atoms. The number of nitrogens with zero attached hydrogens (tertiary/aromatic N) is 3. The first-order valence-corrected chi connectivity index (χ1v) is 10.5. The number of aromatic nitrogens is 3. The van der Waals surface area contributed by atoms with Crippen molar-refractivity contribution in [2.75, 3.05) is 12.3 Å². The molecule has 0 amide bonds. The quantitative estimate of drug-likeness (QED) is 0.345. The van der Waals surface area contributed by atoms with Crippen LogP contribution in [0.25, 0.3) is 27.9 Å². The van der Waals surface area contributed by atoms with Gasteiger partial charge in [-0.3, -0.25) is 4.57 Å². The predicted molar refractivity (Wildman–Crippen MR) is 120 cm³/mol. The Labute approximate surface area is 175 Å². The average Bonchev–Trinajstić information content (AvgIpc) is 3.05. The number of rotatable bonds is 7. The Morgan fingerprint density at radius 3 is 2.53 bits per heavy atom. The Bertz CT molecular complexity index is 1210. The number of benzene rings is 2. The van der Waals surface area contributed by atoms with Gasteiger partial charge in [-0.1, -0.05) is 51.0 Å². The van der Waals surface area contributed by atoms with Gasteiger partial charge in [0.2, 0.25) is 0 Å². The van der Waals surface area contributed by atoms with Gasteiger partial charge >= 0.3 is 5.97 Å². The fourth-order valence-electron chi connectivity index (χ4n) is 3.63. The van der Waals surface area contributed by atoms with Gasteiger partial charge in [0.15, 0.2) is 5.65 Å². The number of aryl methyl sites for hydroxylation is 1. The number of hydrogen-bond donors (Lipinski definition) is 1. The molecule has 30 heavy (non-hydrogen) atoms. The van der Waals surface area contributed by atoms with Crippen LogP contribution < -0.4 is 5.73 Å². The smallest absolute Gasteiger partial charge is 0.344 e. The molecule has 0 aliphatic rings. The van der Waals surface area contributed by atoms with Crippen molar-refractivity contribution in [1.29, 1.82) is 0 Å². The van der Waals surface area contributed by atoms with Crippen LogP contribution in [0.4, 0.5) is 5.82 Å². The van der Waals surface area contributed by atoms with Gasteiger partial charge in [-0.05, 0) is 42.7 Å². The third kappa shape index (κ3) is 3.61. The number of ether oxygens (including phenoxy) is 1. The van der Waals surface area contributed by atoms with Crippen molar-refractivity contribution in [3.63, 3.8) is 0 Å². The average molecular weight is 402 g/mol. The summed E-state index contributed by atoms with van der Waals surface area (Å²) >= 11 is 0. The van der Waals surface area contributed by atoms with E-state index in [0.29, 0.717) is 29.1 Å². The van der Waals surface area contributed by atoms with E-state index < -0.39 is 5.97 Å². The molecule has 0 atom stereocenters. The fraction of sp³-hybridized carbons (Fsp3) is 0.292. The molecule has 2 aromatic heterocycles. The lowest BCUT2D eigenvalue weighted by atomic mass is 10.1. The second-order valence-corrected chi connectivity index (χ2v) is 7.35. The number of unbranched alkanes of at least 4 members (excludes halogenated alkanes) is 2. The molecule has 2 N–H and O–H groups in total. The predicted octanol–water partition coefficient (Wildman–Crippen LogP) is 5.07. The van der Waals surface area contributed by atoms with Crippen LogP contribution in [0, 0.1) is 0 Å². The molecule has 6 nitrogen and oxygen atoms in total. The van der Waals surface area contributed by atoms with E-state index in [0.717, 1.165) is 36.9 Å². The first kappa shape index (κ1) is 19.9. The van der Waals surface area contributed by atoms with Gasteiger partial charge in [0.05, 0.1) is 17.6 Å². The number of carbonyl (C=O) groups is 1. The molecule has 4 rings (SSSR count). The van der Waals surface area contributed by atoms with Crippen LogP contribution in [0.15, 0.2) is 48.5 Å². The van der Waals surface area contributed by atoms with Crippen LogP contribution in [-0.2, 0) is 11.2 Å². The van der Waals surface area contributed by atoms with Crippen LogP contribution in [-0.4, -0.2) is 27.1 Å². The van der Waals surface area contributed by atoms with Gasteiger partial charge in [-0.2, -0.15) is 0 Å². The summed E-state index contributed by atoms with van der Waals surface area (Å²) in [5.41, 5.74) is 11.3. The van der Waals surface area contributed by atoms with Gasteiger partial charge in [0.25, 0.3) is 0 Å². The van der Waals surface area contributed by atoms with Gasteiger partial charge in [-0.25, -0.2) is 14.8 Å². The van der Waals surface area contributed by atoms with Crippen molar-refractivity contribution < 1.29 is 9.53 Å².